The van der Waals surface area contributed by atoms with Crippen LogP contribution in [0.25, 0.3) is 0 Å². The first-order valence-corrected chi connectivity index (χ1v) is 12.1. The molecule has 4 rings (SSSR count). The van der Waals surface area contributed by atoms with Crippen LogP contribution in [0.5, 0.6) is 5.75 Å². The first kappa shape index (κ1) is 22.0. The average molecular weight is 452 g/mol. The number of morpholine rings is 1. The van der Waals surface area contributed by atoms with Crippen molar-refractivity contribution >= 4 is 27.5 Å². The molecule has 0 N–H and O–H groups in total. The van der Waals surface area contributed by atoms with Gasteiger partial charge in [-0.1, -0.05) is 13.8 Å². The Morgan fingerprint density at radius 1 is 1.13 bits per heavy atom. The summed E-state index contributed by atoms with van der Waals surface area (Å²) in [5.41, 5.74) is 0.317. The Bertz CT molecular complexity index is 950. The molecule has 10 heteroatoms. The SMILES string of the molecule is C[C@@H]1C[C@H](C)CN(C(=O)CN2C(=O)COc3ccc(S(=O)(=O)N4CCOCC4)cc32)C1. The second-order valence-electron chi connectivity index (χ2n) is 8.66. The molecule has 3 aliphatic rings. The number of benzene rings is 1. The number of nitrogens with zero attached hydrogens (tertiary/aromatic N) is 3. The van der Waals surface area contributed by atoms with E-state index in [1.54, 1.807) is 11.0 Å². The van der Waals surface area contributed by atoms with Gasteiger partial charge in [-0.2, -0.15) is 4.31 Å². The van der Waals surface area contributed by atoms with Crippen LogP contribution in [0.3, 0.4) is 0 Å². The van der Waals surface area contributed by atoms with E-state index in [9.17, 15) is 18.0 Å². The molecule has 2 saturated heterocycles. The molecule has 0 saturated carbocycles. The third-order valence-electron chi connectivity index (χ3n) is 6.00. The van der Waals surface area contributed by atoms with Crippen molar-refractivity contribution in [3.63, 3.8) is 0 Å². The van der Waals surface area contributed by atoms with Crippen molar-refractivity contribution in [1.82, 2.24) is 9.21 Å². The third-order valence-corrected chi connectivity index (χ3v) is 7.89. The Morgan fingerprint density at radius 2 is 1.81 bits per heavy atom. The van der Waals surface area contributed by atoms with E-state index in [1.165, 1.54) is 21.3 Å². The first-order valence-electron chi connectivity index (χ1n) is 10.7. The Labute approximate surface area is 182 Å². The lowest BCUT2D eigenvalue weighted by atomic mass is 9.92. The number of piperidine rings is 1. The van der Waals surface area contributed by atoms with E-state index in [0.29, 0.717) is 49.6 Å². The second-order valence-corrected chi connectivity index (χ2v) is 10.6. The monoisotopic (exact) mass is 451 g/mol. The molecule has 2 fully saturated rings. The maximum atomic E-state index is 13.1. The zero-order chi connectivity index (χ0) is 22.2. The maximum Gasteiger partial charge on any atom is 0.265 e. The third kappa shape index (κ3) is 4.56. The molecular weight excluding hydrogens is 422 g/mol. The summed E-state index contributed by atoms with van der Waals surface area (Å²) in [7, 11) is -3.74. The van der Waals surface area contributed by atoms with Gasteiger partial charge < -0.3 is 14.4 Å². The number of likely N-dealkylation sites (tertiary alicyclic amines) is 1. The van der Waals surface area contributed by atoms with Gasteiger partial charge in [-0.3, -0.25) is 14.5 Å². The lowest BCUT2D eigenvalue weighted by Gasteiger charge is -2.37. The van der Waals surface area contributed by atoms with Crippen molar-refractivity contribution in [3.05, 3.63) is 18.2 Å². The predicted molar refractivity (Wildman–Crippen MR) is 113 cm³/mol. The van der Waals surface area contributed by atoms with Crippen molar-refractivity contribution in [1.29, 1.82) is 0 Å². The molecule has 2 atom stereocenters. The van der Waals surface area contributed by atoms with Gasteiger partial charge in [-0.05, 0) is 36.5 Å². The number of fused-ring (bicyclic) bond motifs is 1. The quantitative estimate of drug-likeness (QED) is 0.676. The molecule has 3 heterocycles. The van der Waals surface area contributed by atoms with E-state index < -0.39 is 10.0 Å². The summed E-state index contributed by atoms with van der Waals surface area (Å²) in [6.07, 6.45) is 1.08. The van der Waals surface area contributed by atoms with Crippen molar-refractivity contribution in [3.8, 4) is 5.75 Å². The summed E-state index contributed by atoms with van der Waals surface area (Å²) < 4.78 is 38.2. The molecule has 1 aromatic rings. The largest absolute Gasteiger partial charge is 0.482 e. The van der Waals surface area contributed by atoms with E-state index in [2.05, 4.69) is 13.8 Å². The number of hydrogen-bond donors (Lipinski definition) is 0. The van der Waals surface area contributed by atoms with E-state index in [-0.39, 0.29) is 43.0 Å². The molecule has 31 heavy (non-hydrogen) atoms. The van der Waals surface area contributed by atoms with Gasteiger partial charge in [-0.25, -0.2) is 8.42 Å². The molecule has 0 bridgehead atoms. The molecule has 2 amide bonds. The van der Waals surface area contributed by atoms with Gasteiger partial charge in [0.25, 0.3) is 5.91 Å². The van der Waals surface area contributed by atoms with E-state index >= 15 is 0 Å². The van der Waals surface area contributed by atoms with Crippen LogP contribution in [0.2, 0.25) is 0 Å². The minimum absolute atomic E-state index is 0.0733. The summed E-state index contributed by atoms with van der Waals surface area (Å²) >= 11 is 0. The number of hydrogen-bond acceptors (Lipinski definition) is 6. The van der Waals surface area contributed by atoms with Gasteiger partial charge >= 0.3 is 0 Å². The Hall–Kier alpha value is -2.17. The summed E-state index contributed by atoms with van der Waals surface area (Å²) in [4.78, 5) is 28.8. The normalized spacial score (nSPS) is 25.2. The molecule has 1 aromatic carbocycles. The molecular formula is C21H29N3O6S. The molecule has 3 aliphatic heterocycles. The van der Waals surface area contributed by atoms with E-state index in [1.807, 2.05) is 0 Å². The van der Waals surface area contributed by atoms with Crippen LogP contribution >= 0.6 is 0 Å². The summed E-state index contributed by atoms with van der Waals surface area (Å²) in [5.74, 6) is 0.714. The number of ether oxygens (including phenoxy) is 2. The van der Waals surface area contributed by atoms with Crippen LogP contribution in [0.4, 0.5) is 5.69 Å². The molecule has 0 spiro atoms. The maximum absolute atomic E-state index is 13.1. The summed E-state index contributed by atoms with van der Waals surface area (Å²) in [6.45, 7) is 6.52. The van der Waals surface area contributed by atoms with Gasteiger partial charge in [0.1, 0.15) is 12.3 Å². The molecule has 9 nitrogen and oxygen atoms in total. The number of carbonyl (C=O) groups excluding carboxylic acids is 2. The molecule has 0 aromatic heterocycles. The Kier molecular flexibility index (Phi) is 6.23. The van der Waals surface area contributed by atoms with Crippen LogP contribution in [0.15, 0.2) is 23.1 Å². The zero-order valence-corrected chi connectivity index (χ0v) is 18.8. The van der Waals surface area contributed by atoms with Gasteiger partial charge in [0, 0.05) is 26.2 Å². The number of carbonyl (C=O) groups is 2. The molecule has 0 aliphatic carbocycles. The number of anilines is 1. The first-order chi connectivity index (χ1) is 14.8. The Balaban J connectivity index is 1.59. The van der Waals surface area contributed by atoms with Gasteiger partial charge in [0.2, 0.25) is 15.9 Å². The van der Waals surface area contributed by atoms with E-state index in [0.717, 1.165) is 6.42 Å². The van der Waals surface area contributed by atoms with Gasteiger partial charge in [-0.15, -0.1) is 0 Å². The number of rotatable bonds is 4. The highest BCUT2D eigenvalue weighted by Gasteiger charge is 2.34. The van der Waals surface area contributed by atoms with Crippen LogP contribution in [0, 0.1) is 11.8 Å². The highest BCUT2D eigenvalue weighted by molar-refractivity contribution is 7.89. The minimum atomic E-state index is -3.74. The lowest BCUT2D eigenvalue weighted by molar-refractivity contribution is -0.134. The van der Waals surface area contributed by atoms with Crippen molar-refractivity contribution in [2.24, 2.45) is 11.8 Å². The fourth-order valence-electron chi connectivity index (χ4n) is 4.55. The molecule has 170 valence electrons. The van der Waals surface area contributed by atoms with Crippen LogP contribution in [-0.2, 0) is 24.3 Å². The minimum Gasteiger partial charge on any atom is -0.482 e. The van der Waals surface area contributed by atoms with Crippen LogP contribution in [-0.4, -0.2) is 82.0 Å². The van der Waals surface area contributed by atoms with Crippen LogP contribution in [0.1, 0.15) is 20.3 Å². The smallest absolute Gasteiger partial charge is 0.265 e. The fourth-order valence-corrected chi connectivity index (χ4v) is 5.98. The lowest BCUT2D eigenvalue weighted by Crippen LogP contribution is -2.50. The number of sulfonamides is 1. The predicted octanol–water partition coefficient (Wildman–Crippen LogP) is 0.937. The standard InChI is InChI=1S/C21H29N3O6S/c1-15-9-16(2)12-22(11-15)20(25)13-24-18-10-17(3-4-19(18)30-14-21(24)26)31(27,28)23-5-7-29-8-6-23/h3-4,10,15-16H,5-9,11-14H2,1-2H3/t15-,16+. The topological polar surface area (TPSA) is 96.5 Å². The fraction of sp³-hybridized carbons (Fsp3) is 0.619. The van der Waals surface area contributed by atoms with Crippen molar-refractivity contribution in [2.45, 2.75) is 25.2 Å². The van der Waals surface area contributed by atoms with E-state index in [4.69, 9.17) is 9.47 Å². The van der Waals surface area contributed by atoms with Crippen LogP contribution < -0.4 is 9.64 Å². The summed E-state index contributed by atoms with van der Waals surface area (Å²) in [5, 5.41) is 0. The average Bonchev–Trinajstić information content (AvgIpc) is 2.75. The molecule has 0 radical (unpaired) electrons. The second kappa shape index (κ2) is 8.76. The highest BCUT2D eigenvalue weighted by atomic mass is 32.2. The van der Waals surface area contributed by atoms with Crippen molar-refractivity contribution < 1.29 is 27.5 Å². The van der Waals surface area contributed by atoms with Gasteiger partial charge in [0.05, 0.1) is 23.8 Å². The van der Waals surface area contributed by atoms with Crippen molar-refractivity contribution in [2.75, 3.05) is 57.4 Å². The summed E-state index contributed by atoms with van der Waals surface area (Å²) in [6, 6.07) is 4.47. The zero-order valence-electron chi connectivity index (χ0n) is 18.0. The highest BCUT2D eigenvalue weighted by Crippen LogP contribution is 2.35. The Morgan fingerprint density at radius 3 is 2.48 bits per heavy atom. The molecule has 0 unspecified atom stereocenters. The number of amides is 2. The van der Waals surface area contributed by atoms with Gasteiger partial charge in [0.15, 0.2) is 6.61 Å².